The van der Waals surface area contributed by atoms with Crippen LogP contribution in [-0.2, 0) is 0 Å². The molecule has 0 N–H and O–H groups in total. The van der Waals surface area contributed by atoms with Gasteiger partial charge in [-0.25, -0.2) is 4.39 Å². The summed E-state index contributed by atoms with van der Waals surface area (Å²) in [6, 6.07) is 5.75. The Bertz CT molecular complexity index is 611. The first kappa shape index (κ1) is 13.2. The molecule has 19 heavy (non-hydrogen) atoms. The Morgan fingerprint density at radius 1 is 1.32 bits per heavy atom. The van der Waals surface area contributed by atoms with Gasteiger partial charge in [-0.1, -0.05) is 0 Å². The number of carbonyl (C=O) groups is 1. The summed E-state index contributed by atoms with van der Waals surface area (Å²) < 4.78 is 18.3. The maximum atomic E-state index is 13.0. The van der Waals surface area contributed by atoms with E-state index in [4.69, 9.17) is 4.74 Å². The van der Waals surface area contributed by atoms with Crippen molar-refractivity contribution in [1.29, 1.82) is 0 Å². The van der Waals surface area contributed by atoms with Gasteiger partial charge in [-0.2, -0.15) is 0 Å². The number of halogens is 1. The van der Waals surface area contributed by atoms with Crippen LogP contribution in [-0.4, -0.2) is 17.4 Å². The molecule has 0 spiro atoms. The highest BCUT2D eigenvalue weighted by Crippen LogP contribution is 2.18. The van der Waals surface area contributed by atoms with Crippen LogP contribution in [0.25, 0.3) is 0 Å². The van der Waals surface area contributed by atoms with Crippen molar-refractivity contribution in [2.24, 2.45) is 0 Å². The molecule has 0 amide bonds. The van der Waals surface area contributed by atoms with Crippen molar-refractivity contribution >= 4 is 5.78 Å². The fourth-order valence-electron chi connectivity index (χ4n) is 1.83. The summed E-state index contributed by atoms with van der Waals surface area (Å²) in [6.45, 7) is 4.07. The van der Waals surface area contributed by atoms with Crippen molar-refractivity contribution in [1.82, 2.24) is 4.98 Å². The number of pyridine rings is 1. The zero-order valence-electron chi connectivity index (χ0n) is 10.8. The van der Waals surface area contributed by atoms with Gasteiger partial charge in [0.25, 0.3) is 0 Å². The summed E-state index contributed by atoms with van der Waals surface area (Å²) >= 11 is 0. The highest BCUT2D eigenvalue weighted by molar-refractivity contribution is 6.09. The number of nitrogens with zero attached hydrogens (tertiary/aromatic N) is 1. The van der Waals surface area contributed by atoms with Crippen LogP contribution in [0.1, 0.15) is 28.4 Å². The van der Waals surface area contributed by atoms with Gasteiger partial charge in [0.1, 0.15) is 11.6 Å². The molecular weight excluding hydrogens is 245 g/mol. The first-order valence-electron chi connectivity index (χ1n) is 6.00. The number of hydrogen-bond donors (Lipinski definition) is 0. The summed E-state index contributed by atoms with van der Waals surface area (Å²) in [4.78, 5) is 16.3. The largest absolute Gasteiger partial charge is 0.492 e. The second kappa shape index (κ2) is 5.61. The third-order valence-electron chi connectivity index (χ3n) is 2.72. The Labute approximate surface area is 111 Å². The minimum Gasteiger partial charge on any atom is -0.492 e. The van der Waals surface area contributed by atoms with Gasteiger partial charge in [-0.15, -0.1) is 0 Å². The number of benzene rings is 1. The van der Waals surface area contributed by atoms with Gasteiger partial charge in [-0.3, -0.25) is 9.78 Å². The molecule has 1 aromatic heterocycles. The second-order valence-corrected chi connectivity index (χ2v) is 4.13. The van der Waals surface area contributed by atoms with Crippen LogP contribution in [0.5, 0.6) is 5.75 Å². The fourth-order valence-corrected chi connectivity index (χ4v) is 1.83. The normalized spacial score (nSPS) is 10.3. The number of hydrogen-bond acceptors (Lipinski definition) is 3. The standard InChI is InChI=1S/C15H14FNO2/c1-3-19-13-7-11(8-17-9-13)15(18)14-5-4-12(16)6-10(14)2/h4-9H,3H2,1-2H3. The topological polar surface area (TPSA) is 39.2 Å². The zero-order chi connectivity index (χ0) is 13.8. The minimum atomic E-state index is -0.352. The molecule has 0 atom stereocenters. The number of aryl methyl sites for hydroxylation is 1. The van der Waals surface area contributed by atoms with E-state index >= 15 is 0 Å². The fraction of sp³-hybridized carbons (Fsp3) is 0.200. The van der Waals surface area contributed by atoms with Gasteiger partial charge < -0.3 is 4.74 Å². The van der Waals surface area contributed by atoms with Gasteiger partial charge >= 0.3 is 0 Å². The number of rotatable bonds is 4. The van der Waals surface area contributed by atoms with Crippen molar-refractivity contribution in [3.05, 3.63) is 59.2 Å². The van der Waals surface area contributed by atoms with E-state index in [-0.39, 0.29) is 11.6 Å². The molecule has 0 aliphatic carbocycles. The lowest BCUT2D eigenvalue weighted by Gasteiger charge is -2.07. The highest BCUT2D eigenvalue weighted by atomic mass is 19.1. The number of carbonyl (C=O) groups excluding carboxylic acids is 1. The highest BCUT2D eigenvalue weighted by Gasteiger charge is 2.13. The molecule has 0 saturated carbocycles. The quantitative estimate of drug-likeness (QED) is 0.792. The Hall–Kier alpha value is -2.23. The molecule has 2 rings (SSSR count). The summed E-state index contributed by atoms with van der Waals surface area (Å²) in [5, 5.41) is 0. The van der Waals surface area contributed by atoms with Crippen molar-refractivity contribution < 1.29 is 13.9 Å². The SMILES string of the molecule is CCOc1cncc(C(=O)c2ccc(F)cc2C)c1. The van der Waals surface area contributed by atoms with Crippen LogP contribution in [0.3, 0.4) is 0 Å². The maximum absolute atomic E-state index is 13.0. The number of ether oxygens (including phenoxy) is 1. The molecule has 0 unspecified atom stereocenters. The van der Waals surface area contributed by atoms with Crippen LogP contribution < -0.4 is 4.74 Å². The van der Waals surface area contributed by atoms with Crippen LogP contribution in [0, 0.1) is 12.7 Å². The Kier molecular flexibility index (Phi) is 3.90. The molecule has 0 fully saturated rings. The zero-order valence-corrected chi connectivity index (χ0v) is 10.8. The third-order valence-corrected chi connectivity index (χ3v) is 2.72. The van der Waals surface area contributed by atoms with E-state index in [0.29, 0.717) is 29.0 Å². The summed E-state index contributed by atoms with van der Waals surface area (Å²) in [7, 11) is 0. The van der Waals surface area contributed by atoms with E-state index in [0.717, 1.165) is 0 Å². The maximum Gasteiger partial charge on any atom is 0.194 e. The molecule has 3 nitrogen and oxygen atoms in total. The first-order valence-corrected chi connectivity index (χ1v) is 6.00. The average Bonchev–Trinajstić information content (AvgIpc) is 2.39. The Balaban J connectivity index is 2.35. The predicted octanol–water partition coefficient (Wildman–Crippen LogP) is 3.16. The van der Waals surface area contributed by atoms with Crippen molar-refractivity contribution in [2.45, 2.75) is 13.8 Å². The van der Waals surface area contributed by atoms with Gasteiger partial charge in [0.15, 0.2) is 5.78 Å². The van der Waals surface area contributed by atoms with E-state index in [2.05, 4.69) is 4.98 Å². The third kappa shape index (κ3) is 2.96. The molecule has 0 saturated heterocycles. The number of ketones is 1. The molecule has 0 radical (unpaired) electrons. The first-order chi connectivity index (χ1) is 9.11. The second-order valence-electron chi connectivity index (χ2n) is 4.13. The predicted molar refractivity (Wildman–Crippen MR) is 70.0 cm³/mol. The van der Waals surface area contributed by atoms with E-state index < -0.39 is 0 Å². The minimum absolute atomic E-state index is 0.188. The monoisotopic (exact) mass is 259 g/mol. The summed E-state index contributed by atoms with van der Waals surface area (Å²) in [5.74, 6) is 0.00918. The van der Waals surface area contributed by atoms with Gasteiger partial charge in [-0.05, 0) is 43.7 Å². The molecule has 0 bridgehead atoms. The summed E-state index contributed by atoms with van der Waals surface area (Å²) in [6.07, 6.45) is 3.03. The molecule has 2 aromatic rings. The molecule has 0 aliphatic heterocycles. The van der Waals surface area contributed by atoms with Gasteiger partial charge in [0.05, 0.1) is 12.8 Å². The molecule has 1 aromatic carbocycles. The number of aromatic nitrogens is 1. The molecule has 1 heterocycles. The molecule has 0 aliphatic rings. The van der Waals surface area contributed by atoms with Crippen molar-refractivity contribution in [2.75, 3.05) is 6.61 Å². The van der Waals surface area contributed by atoms with E-state index in [1.54, 1.807) is 19.2 Å². The lowest BCUT2D eigenvalue weighted by atomic mass is 10.00. The smallest absolute Gasteiger partial charge is 0.194 e. The lowest BCUT2D eigenvalue weighted by molar-refractivity contribution is 0.103. The van der Waals surface area contributed by atoms with E-state index in [1.807, 2.05) is 6.92 Å². The van der Waals surface area contributed by atoms with Gasteiger partial charge in [0, 0.05) is 17.3 Å². The average molecular weight is 259 g/mol. The van der Waals surface area contributed by atoms with Crippen LogP contribution in [0.2, 0.25) is 0 Å². The molecular formula is C15H14FNO2. The van der Waals surface area contributed by atoms with E-state index in [9.17, 15) is 9.18 Å². The summed E-state index contributed by atoms with van der Waals surface area (Å²) in [5.41, 5.74) is 1.50. The van der Waals surface area contributed by atoms with Crippen LogP contribution in [0.15, 0.2) is 36.7 Å². The molecule has 4 heteroatoms. The molecule has 98 valence electrons. The van der Waals surface area contributed by atoms with Crippen molar-refractivity contribution in [3.8, 4) is 5.75 Å². The van der Waals surface area contributed by atoms with Gasteiger partial charge in [0.2, 0.25) is 0 Å². The Morgan fingerprint density at radius 2 is 2.11 bits per heavy atom. The van der Waals surface area contributed by atoms with Crippen LogP contribution in [0.4, 0.5) is 4.39 Å². The van der Waals surface area contributed by atoms with Crippen molar-refractivity contribution in [3.63, 3.8) is 0 Å². The Morgan fingerprint density at radius 3 is 2.79 bits per heavy atom. The lowest BCUT2D eigenvalue weighted by Crippen LogP contribution is -2.05. The van der Waals surface area contributed by atoms with Crippen LogP contribution >= 0.6 is 0 Å². The van der Waals surface area contributed by atoms with E-state index in [1.165, 1.54) is 24.4 Å².